The van der Waals surface area contributed by atoms with E-state index in [4.69, 9.17) is 26.8 Å². The highest BCUT2D eigenvalue weighted by molar-refractivity contribution is 6.30. The highest BCUT2D eigenvalue weighted by atomic mass is 35.5. The number of benzene rings is 3. The van der Waals surface area contributed by atoms with E-state index < -0.39 is 0 Å². The number of hydrogen-bond donors (Lipinski definition) is 2. The molecule has 0 saturated heterocycles. The summed E-state index contributed by atoms with van der Waals surface area (Å²) in [5, 5.41) is 3.71. The standard InChI is InChI=1S/C24H22ClN7O2/c1-33-20-12-11-18(14-21(20)34-2)30-23-27-15-28-24(31-23)32(19-9-4-3-5-10-19)22(26)29-17-8-6-7-16(25)13-17/h3-15H,1-2H3,(H2,26,29)(H,27,28,30,31). The van der Waals surface area contributed by atoms with Gasteiger partial charge in [0.2, 0.25) is 17.9 Å². The van der Waals surface area contributed by atoms with Gasteiger partial charge in [-0.3, -0.25) is 0 Å². The van der Waals surface area contributed by atoms with Crippen LogP contribution >= 0.6 is 11.6 Å². The molecule has 0 spiro atoms. The number of nitrogens with zero attached hydrogens (tertiary/aromatic N) is 5. The monoisotopic (exact) mass is 475 g/mol. The smallest absolute Gasteiger partial charge is 0.241 e. The Labute approximate surface area is 201 Å². The van der Waals surface area contributed by atoms with Crippen LogP contribution in [0.25, 0.3) is 0 Å². The summed E-state index contributed by atoms with van der Waals surface area (Å²) < 4.78 is 10.7. The van der Waals surface area contributed by atoms with Gasteiger partial charge in [-0.15, -0.1) is 0 Å². The average molecular weight is 476 g/mol. The van der Waals surface area contributed by atoms with Gasteiger partial charge in [-0.05, 0) is 42.5 Å². The number of methoxy groups -OCH3 is 2. The van der Waals surface area contributed by atoms with E-state index in [1.165, 1.54) is 6.33 Å². The van der Waals surface area contributed by atoms with Gasteiger partial charge in [-0.2, -0.15) is 4.98 Å². The molecule has 0 fully saturated rings. The molecule has 0 bridgehead atoms. The molecule has 0 radical (unpaired) electrons. The molecule has 0 aliphatic heterocycles. The molecule has 3 aromatic carbocycles. The molecule has 4 rings (SSSR count). The predicted octanol–water partition coefficient (Wildman–Crippen LogP) is 5.07. The molecule has 1 heterocycles. The minimum absolute atomic E-state index is 0.164. The molecule has 0 saturated carbocycles. The Kier molecular flexibility index (Phi) is 7.04. The van der Waals surface area contributed by atoms with Crippen LogP contribution in [0, 0.1) is 0 Å². The second-order valence-corrected chi connectivity index (χ2v) is 7.36. The lowest BCUT2D eigenvalue weighted by molar-refractivity contribution is 0.355. The number of aromatic nitrogens is 3. The van der Waals surface area contributed by atoms with Crippen molar-refractivity contribution in [1.29, 1.82) is 0 Å². The highest BCUT2D eigenvalue weighted by Gasteiger charge is 2.18. The molecular formula is C24H22ClN7O2. The molecule has 9 nitrogen and oxygen atoms in total. The Balaban J connectivity index is 1.70. The van der Waals surface area contributed by atoms with Gasteiger partial charge in [0.15, 0.2) is 11.5 Å². The van der Waals surface area contributed by atoms with E-state index in [-0.39, 0.29) is 11.9 Å². The maximum Gasteiger partial charge on any atom is 0.241 e. The number of rotatable bonds is 7. The van der Waals surface area contributed by atoms with Crippen LogP contribution in [0.4, 0.5) is 29.0 Å². The zero-order valence-corrected chi connectivity index (χ0v) is 19.3. The Morgan fingerprint density at radius 1 is 0.941 bits per heavy atom. The van der Waals surface area contributed by atoms with Crippen LogP contribution in [0.1, 0.15) is 0 Å². The number of ether oxygens (including phenoxy) is 2. The molecule has 0 aliphatic carbocycles. The third kappa shape index (κ3) is 5.33. The fraction of sp³-hybridized carbons (Fsp3) is 0.0833. The van der Waals surface area contributed by atoms with Crippen molar-refractivity contribution < 1.29 is 9.47 Å². The van der Waals surface area contributed by atoms with E-state index in [9.17, 15) is 0 Å². The van der Waals surface area contributed by atoms with Crippen LogP contribution < -0.4 is 25.4 Å². The summed E-state index contributed by atoms with van der Waals surface area (Å²) in [6, 6.07) is 21.9. The Morgan fingerprint density at radius 3 is 2.47 bits per heavy atom. The van der Waals surface area contributed by atoms with Crippen molar-refractivity contribution in [3.05, 3.63) is 84.1 Å². The molecule has 3 N–H and O–H groups in total. The van der Waals surface area contributed by atoms with Crippen molar-refractivity contribution in [1.82, 2.24) is 15.0 Å². The van der Waals surface area contributed by atoms with Crippen molar-refractivity contribution in [2.45, 2.75) is 0 Å². The molecule has 34 heavy (non-hydrogen) atoms. The van der Waals surface area contributed by atoms with Crippen molar-refractivity contribution in [2.24, 2.45) is 10.7 Å². The lowest BCUT2D eigenvalue weighted by Crippen LogP contribution is -2.34. The first kappa shape index (κ1) is 22.8. The summed E-state index contributed by atoms with van der Waals surface area (Å²) in [5.74, 6) is 1.95. The highest BCUT2D eigenvalue weighted by Crippen LogP contribution is 2.31. The molecule has 172 valence electrons. The first-order valence-electron chi connectivity index (χ1n) is 10.2. The van der Waals surface area contributed by atoms with Crippen molar-refractivity contribution in [3.8, 4) is 11.5 Å². The second-order valence-electron chi connectivity index (χ2n) is 6.92. The molecule has 4 aromatic rings. The number of nitrogens with two attached hydrogens (primary N) is 1. The number of aliphatic imine (C=N–C) groups is 1. The minimum atomic E-state index is 0.164. The lowest BCUT2D eigenvalue weighted by Gasteiger charge is -2.22. The molecule has 0 aliphatic rings. The van der Waals surface area contributed by atoms with Gasteiger partial charge >= 0.3 is 0 Å². The van der Waals surface area contributed by atoms with Crippen molar-refractivity contribution in [3.63, 3.8) is 0 Å². The maximum absolute atomic E-state index is 6.42. The quantitative estimate of drug-likeness (QED) is 0.281. The Morgan fingerprint density at radius 2 is 1.74 bits per heavy atom. The zero-order chi connectivity index (χ0) is 23.9. The summed E-state index contributed by atoms with van der Waals surface area (Å²) in [6.45, 7) is 0. The van der Waals surface area contributed by atoms with E-state index in [2.05, 4.69) is 25.3 Å². The number of halogens is 1. The number of hydrogen-bond acceptors (Lipinski definition) is 7. The van der Waals surface area contributed by atoms with Gasteiger partial charge < -0.3 is 20.5 Å². The Hall–Kier alpha value is -4.37. The van der Waals surface area contributed by atoms with Gasteiger partial charge in [0.25, 0.3) is 0 Å². The SMILES string of the molecule is COc1ccc(Nc2ncnc(N(C(N)=Nc3cccc(Cl)c3)c3ccccc3)n2)cc1OC. The fourth-order valence-corrected chi connectivity index (χ4v) is 3.34. The molecule has 0 amide bonds. The topological polar surface area (TPSA) is 111 Å². The average Bonchev–Trinajstić information content (AvgIpc) is 2.85. The third-order valence-corrected chi connectivity index (χ3v) is 4.93. The van der Waals surface area contributed by atoms with Crippen LogP contribution in [0.15, 0.2) is 84.1 Å². The summed E-state index contributed by atoms with van der Waals surface area (Å²) in [4.78, 5) is 19.3. The summed E-state index contributed by atoms with van der Waals surface area (Å²) in [5.41, 5.74) is 8.46. The van der Waals surface area contributed by atoms with Crippen LogP contribution in [-0.4, -0.2) is 35.1 Å². The molecule has 0 unspecified atom stereocenters. The van der Waals surface area contributed by atoms with Crippen LogP contribution in [0.5, 0.6) is 11.5 Å². The van der Waals surface area contributed by atoms with Gasteiger partial charge in [0.05, 0.1) is 25.6 Å². The van der Waals surface area contributed by atoms with Gasteiger partial charge in [0.1, 0.15) is 6.33 Å². The lowest BCUT2D eigenvalue weighted by atomic mass is 10.3. The largest absolute Gasteiger partial charge is 0.493 e. The summed E-state index contributed by atoms with van der Waals surface area (Å²) in [6.07, 6.45) is 1.40. The molecule has 1 aromatic heterocycles. The minimum Gasteiger partial charge on any atom is -0.493 e. The van der Waals surface area contributed by atoms with E-state index in [1.807, 2.05) is 36.4 Å². The molecular weight excluding hydrogens is 454 g/mol. The van der Waals surface area contributed by atoms with Crippen molar-refractivity contribution >= 4 is 46.5 Å². The van der Waals surface area contributed by atoms with Gasteiger partial charge in [-0.25, -0.2) is 19.9 Å². The number of guanidine groups is 1. The first-order valence-corrected chi connectivity index (χ1v) is 10.6. The normalized spacial score (nSPS) is 11.1. The summed E-state index contributed by atoms with van der Waals surface area (Å²) in [7, 11) is 3.15. The van der Waals surface area contributed by atoms with Crippen LogP contribution in [0.2, 0.25) is 5.02 Å². The first-order chi connectivity index (χ1) is 16.6. The second kappa shape index (κ2) is 10.5. The molecule has 0 atom stereocenters. The predicted molar refractivity (Wildman–Crippen MR) is 134 cm³/mol. The third-order valence-electron chi connectivity index (χ3n) is 4.69. The maximum atomic E-state index is 6.42. The van der Waals surface area contributed by atoms with E-state index >= 15 is 0 Å². The van der Waals surface area contributed by atoms with E-state index in [1.54, 1.807) is 55.5 Å². The fourth-order valence-electron chi connectivity index (χ4n) is 3.15. The van der Waals surface area contributed by atoms with E-state index in [0.717, 1.165) is 5.69 Å². The van der Waals surface area contributed by atoms with Crippen LogP contribution in [-0.2, 0) is 0 Å². The van der Waals surface area contributed by atoms with Crippen LogP contribution in [0.3, 0.4) is 0 Å². The zero-order valence-electron chi connectivity index (χ0n) is 18.5. The number of anilines is 4. The van der Waals surface area contributed by atoms with Crippen molar-refractivity contribution in [2.75, 3.05) is 24.4 Å². The van der Waals surface area contributed by atoms with E-state index in [0.29, 0.717) is 33.8 Å². The molecule has 10 heteroatoms. The Bertz CT molecular complexity index is 1300. The number of para-hydroxylation sites is 1. The number of nitrogens with one attached hydrogen (secondary N) is 1. The van der Waals surface area contributed by atoms with Gasteiger partial charge in [0, 0.05) is 16.8 Å². The van der Waals surface area contributed by atoms with Gasteiger partial charge in [-0.1, -0.05) is 35.9 Å². The summed E-state index contributed by atoms with van der Waals surface area (Å²) >= 11 is 6.10.